The Morgan fingerprint density at radius 2 is 0.700 bits per heavy atom. The predicted octanol–water partition coefficient (Wildman–Crippen LogP) is 10.9. The van der Waals surface area contributed by atoms with Gasteiger partial charge in [-0.05, 0) is 72.2 Å². The molecule has 0 spiro atoms. The first-order chi connectivity index (χ1) is 19.5. The minimum atomic E-state index is -0.698. The Kier molecular flexibility index (Phi) is 6.47. The molecule has 7 rings (SSSR count). The molecule has 2 aliphatic rings. The lowest BCUT2D eigenvalue weighted by molar-refractivity contribution is 0.629. The zero-order valence-corrected chi connectivity index (χ0v) is 23.7. The first kappa shape index (κ1) is 25.5. The second kappa shape index (κ2) is 10.2. The van der Waals surface area contributed by atoms with Crippen molar-refractivity contribution in [3.63, 3.8) is 0 Å². The number of benzene rings is 5. The van der Waals surface area contributed by atoms with E-state index < -0.39 is 5.82 Å². The summed E-state index contributed by atoms with van der Waals surface area (Å²) in [5.74, 6) is -0.698. The fourth-order valence-electron chi connectivity index (χ4n) is 6.04. The molecule has 0 aliphatic carbocycles. The normalized spacial score (nSPS) is 14.0. The van der Waals surface area contributed by atoms with Gasteiger partial charge in [0.1, 0.15) is 10.0 Å². The SMILES string of the molecule is Fc1c(Cl)c(N2c3ccccc3CCc3ccccc32)c(Cl)c(N2c3ccccc3CCc3ccccc32)c1Cl. The Balaban J connectivity index is 1.57. The summed E-state index contributed by atoms with van der Waals surface area (Å²) in [6.45, 7) is 0. The van der Waals surface area contributed by atoms with Gasteiger partial charge in [0.05, 0.1) is 16.4 Å². The van der Waals surface area contributed by atoms with E-state index in [0.29, 0.717) is 11.4 Å². The number of hydrogen-bond acceptors (Lipinski definition) is 2. The molecular formula is C34H24Cl3FN2. The van der Waals surface area contributed by atoms with E-state index in [1.807, 2.05) is 82.6 Å². The van der Waals surface area contributed by atoms with Crippen LogP contribution < -0.4 is 9.80 Å². The quantitative estimate of drug-likeness (QED) is 0.150. The van der Waals surface area contributed by atoms with Crippen molar-refractivity contribution >= 4 is 68.9 Å². The molecule has 5 aromatic rings. The second-order valence-electron chi connectivity index (χ2n) is 10.1. The number of hydrogen-bond donors (Lipinski definition) is 0. The van der Waals surface area contributed by atoms with Crippen molar-refractivity contribution in [2.45, 2.75) is 25.7 Å². The third-order valence-corrected chi connectivity index (χ3v) is 8.97. The van der Waals surface area contributed by atoms with Crippen LogP contribution >= 0.6 is 34.8 Å². The summed E-state index contributed by atoms with van der Waals surface area (Å²) < 4.78 is 16.3. The summed E-state index contributed by atoms with van der Waals surface area (Å²) in [4.78, 5) is 4.00. The number of aryl methyl sites for hydroxylation is 4. The van der Waals surface area contributed by atoms with Gasteiger partial charge in [-0.15, -0.1) is 0 Å². The number of rotatable bonds is 2. The smallest absolute Gasteiger partial charge is 0.164 e. The minimum absolute atomic E-state index is 0.110. The zero-order valence-electron chi connectivity index (χ0n) is 21.5. The third kappa shape index (κ3) is 3.99. The lowest BCUT2D eigenvalue weighted by atomic mass is 10.0. The number of para-hydroxylation sites is 4. The van der Waals surface area contributed by atoms with Crippen molar-refractivity contribution in [2.24, 2.45) is 0 Å². The summed E-state index contributed by atoms with van der Waals surface area (Å²) in [6.07, 6.45) is 3.37. The fraction of sp³-hybridized carbons (Fsp3) is 0.118. The van der Waals surface area contributed by atoms with Crippen LogP contribution in [0.1, 0.15) is 22.3 Å². The van der Waals surface area contributed by atoms with Crippen LogP contribution in [0.5, 0.6) is 0 Å². The molecule has 0 radical (unpaired) electrons. The molecule has 0 unspecified atom stereocenters. The summed E-state index contributed by atoms with van der Waals surface area (Å²) in [7, 11) is 0. The molecule has 0 bridgehead atoms. The first-order valence-electron chi connectivity index (χ1n) is 13.3. The van der Waals surface area contributed by atoms with E-state index in [0.717, 1.165) is 70.7 Å². The maximum absolute atomic E-state index is 16.3. The van der Waals surface area contributed by atoms with E-state index in [1.54, 1.807) is 0 Å². The van der Waals surface area contributed by atoms with Gasteiger partial charge in [0.15, 0.2) is 5.82 Å². The van der Waals surface area contributed by atoms with Crippen LogP contribution in [-0.2, 0) is 25.7 Å². The van der Waals surface area contributed by atoms with E-state index in [1.165, 1.54) is 0 Å². The summed E-state index contributed by atoms with van der Waals surface area (Å²) >= 11 is 21.1. The fourth-order valence-corrected chi connectivity index (χ4v) is 7.09. The Morgan fingerprint density at radius 1 is 0.425 bits per heavy atom. The van der Waals surface area contributed by atoms with Crippen LogP contribution in [0.2, 0.25) is 15.1 Å². The maximum atomic E-state index is 16.3. The van der Waals surface area contributed by atoms with Crippen molar-refractivity contribution in [3.05, 3.63) is 140 Å². The van der Waals surface area contributed by atoms with Gasteiger partial charge in [0, 0.05) is 22.7 Å². The Bertz CT molecular complexity index is 1560. The molecule has 0 fully saturated rings. The number of nitrogens with zero attached hydrogens (tertiary/aromatic N) is 2. The summed E-state index contributed by atoms with van der Waals surface area (Å²) in [5.41, 5.74) is 8.95. The van der Waals surface area contributed by atoms with Gasteiger partial charge < -0.3 is 9.80 Å². The van der Waals surface area contributed by atoms with Gasteiger partial charge in [-0.2, -0.15) is 0 Å². The van der Waals surface area contributed by atoms with Gasteiger partial charge in [-0.25, -0.2) is 4.39 Å². The highest BCUT2D eigenvalue weighted by Gasteiger charge is 2.34. The topological polar surface area (TPSA) is 6.48 Å². The van der Waals surface area contributed by atoms with Crippen molar-refractivity contribution in [1.82, 2.24) is 0 Å². The minimum Gasteiger partial charge on any atom is -0.307 e. The Hall–Kier alpha value is -3.50. The largest absolute Gasteiger partial charge is 0.307 e. The molecule has 0 saturated heterocycles. The van der Waals surface area contributed by atoms with Gasteiger partial charge in [0.25, 0.3) is 0 Å². The maximum Gasteiger partial charge on any atom is 0.164 e. The molecule has 0 atom stereocenters. The molecule has 6 heteroatoms. The Morgan fingerprint density at radius 3 is 1.00 bits per heavy atom. The van der Waals surface area contributed by atoms with E-state index >= 15 is 4.39 Å². The molecule has 2 aliphatic heterocycles. The molecule has 198 valence electrons. The van der Waals surface area contributed by atoms with Crippen LogP contribution in [0, 0.1) is 5.82 Å². The lowest BCUT2D eigenvalue weighted by Gasteiger charge is -2.33. The van der Waals surface area contributed by atoms with Crippen molar-refractivity contribution < 1.29 is 4.39 Å². The highest BCUT2D eigenvalue weighted by molar-refractivity contribution is 6.46. The Labute approximate surface area is 248 Å². The highest BCUT2D eigenvalue weighted by Crippen LogP contribution is 2.56. The number of fused-ring (bicyclic) bond motifs is 4. The van der Waals surface area contributed by atoms with Crippen molar-refractivity contribution in [3.8, 4) is 0 Å². The van der Waals surface area contributed by atoms with Gasteiger partial charge in [-0.1, -0.05) is 108 Å². The molecular weight excluding hydrogens is 562 g/mol. The van der Waals surface area contributed by atoms with E-state index in [4.69, 9.17) is 34.8 Å². The summed E-state index contributed by atoms with van der Waals surface area (Å²) in [5, 5.41) is 0.0673. The van der Waals surface area contributed by atoms with E-state index in [9.17, 15) is 0 Å². The third-order valence-electron chi connectivity index (χ3n) is 7.92. The average molecular weight is 586 g/mol. The van der Waals surface area contributed by atoms with Crippen LogP contribution in [0.3, 0.4) is 0 Å². The van der Waals surface area contributed by atoms with Crippen LogP contribution in [0.25, 0.3) is 0 Å². The molecule has 2 heterocycles. The number of halogens is 4. The number of anilines is 6. The van der Waals surface area contributed by atoms with Gasteiger partial charge in [0.2, 0.25) is 0 Å². The molecule has 0 amide bonds. The standard InChI is InChI=1S/C34H24Cl3FN2/c35-29-32(38)30(36)34(40-27-15-7-3-11-23(27)19-20-24-12-4-8-16-28(24)40)31(37)33(29)39-25-13-5-1-9-21(25)17-18-22-10-2-6-14-26(22)39/h1-16H,17-20H2. The monoisotopic (exact) mass is 584 g/mol. The molecule has 0 N–H and O–H groups in total. The van der Waals surface area contributed by atoms with Crippen LogP contribution in [0.15, 0.2) is 97.1 Å². The van der Waals surface area contributed by atoms with Crippen LogP contribution in [-0.4, -0.2) is 0 Å². The highest BCUT2D eigenvalue weighted by atomic mass is 35.5. The van der Waals surface area contributed by atoms with Gasteiger partial charge >= 0.3 is 0 Å². The summed E-state index contributed by atoms with van der Waals surface area (Å²) in [6, 6.07) is 32.6. The van der Waals surface area contributed by atoms with E-state index in [-0.39, 0.29) is 15.1 Å². The molecule has 5 aromatic carbocycles. The van der Waals surface area contributed by atoms with Crippen LogP contribution in [0.4, 0.5) is 38.5 Å². The molecule has 40 heavy (non-hydrogen) atoms. The lowest BCUT2D eigenvalue weighted by Crippen LogP contribution is -2.18. The van der Waals surface area contributed by atoms with Crippen molar-refractivity contribution in [2.75, 3.05) is 9.80 Å². The van der Waals surface area contributed by atoms with Gasteiger partial charge in [-0.3, -0.25) is 0 Å². The van der Waals surface area contributed by atoms with Crippen molar-refractivity contribution in [1.29, 1.82) is 0 Å². The first-order valence-corrected chi connectivity index (χ1v) is 14.5. The zero-order chi connectivity index (χ0) is 27.4. The predicted molar refractivity (Wildman–Crippen MR) is 166 cm³/mol. The molecule has 0 aromatic heterocycles. The molecule has 2 nitrogen and oxygen atoms in total. The second-order valence-corrected chi connectivity index (χ2v) is 11.3. The average Bonchev–Trinajstić information content (AvgIpc) is 3.26. The van der Waals surface area contributed by atoms with E-state index in [2.05, 4.69) is 24.3 Å². The molecule has 0 saturated carbocycles.